The van der Waals surface area contributed by atoms with Crippen molar-refractivity contribution in [1.29, 1.82) is 0 Å². The van der Waals surface area contributed by atoms with E-state index < -0.39 is 0 Å². The number of terminal acetylenes is 1. The highest BCUT2D eigenvalue weighted by molar-refractivity contribution is 5.84. The highest BCUT2D eigenvalue weighted by atomic mass is 16.1. The summed E-state index contributed by atoms with van der Waals surface area (Å²) in [5, 5.41) is 2.89. The van der Waals surface area contributed by atoms with Gasteiger partial charge in [0, 0.05) is 0 Å². The molecule has 0 aromatic heterocycles. The van der Waals surface area contributed by atoms with Crippen LogP contribution in [0.5, 0.6) is 0 Å². The fourth-order valence-electron chi connectivity index (χ4n) is 1.79. The van der Waals surface area contributed by atoms with Crippen molar-refractivity contribution in [3.8, 4) is 12.3 Å². The maximum Gasteiger partial charge on any atom is 0.228 e. The van der Waals surface area contributed by atoms with Crippen molar-refractivity contribution in [2.75, 3.05) is 0 Å². The molecule has 0 saturated carbocycles. The first-order valence-corrected chi connectivity index (χ1v) is 6.04. The van der Waals surface area contributed by atoms with Gasteiger partial charge in [0.05, 0.1) is 12.0 Å². The van der Waals surface area contributed by atoms with Gasteiger partial charge in [-0.15, -0.1) is 6.42 Å². The Morgan fingerprint density at radius 1 is 1.29 bits per heavy atom. The van der Waals surface area contributed by atoms with E-state index in [1.807, 2.05) is 44.2 Å². The minimum absolute atomic E-state index is 0.0171. The van der Waals surface area contributed by atoms with E-state index in [0.717, 1.165) is 18.4 Å². The van der Waals surface area contributed by atoms with Gasteiger partial charge in [-0.2, -0.15) is 0 Å². The lowest BCUT2D eigenvalue weighted by molar-refractivity contribution is -0.123. The number of amides is 1. The predicted molar refractivity (Wildman–Crippen MR) is 70.5 cm³/mol. The van der Waals surface area contributed by atoms with Crippen LogP contribution in [0, 0.1) is 12.3 Å². The van der Waals surface area contributed by atoms with Gasteiger partial charge in [-0.25, -0.2) is 0 Å². The van der Waals surface area contributed by atoms with Crippen molar-refractivity contribution < 1.29 is 4.79 Å². The minimum atomic E-state index is -0.166. The van der Waals surface area contributed by atoms with Gasteiger partial charge in [-0.05, 0) is 18.4 Å². The molecule has 0 heterocycles. The number of nitrogens with one attached hydrogen (secondary N) is 1. The molecule has 0 aliphatic carbocycles. The van der Waals surface area contributed by atoms with Gasteiger partial charge in [0.2, 0.25) is 5.91 Å². The van der Waals surface area contributed by atoms with Crippen molar-refractivity contribution >= 4 is 5.91 Å². The molecule has 2 unspecified atom stereocenters. The van der Waals surface area contributed by atoms with Gasteiger partial charge >= 0.3 is 0 Å². The van der Waals surface area contributed by atoms with Crippen molar-refractivity contribution in [2.24, 2.45) is 0 Å². The Bertz CT molecular complexity index is 391. The molecular formula is C15H19NO. The number of carbonyl (C=O) groups excluding carboxylic acids is 1. The lowest BCUT2D eigenvalue weighted by Gasteiger charge is -2.18. The second-order valence-electron chi connectivity index (χ2n) is 4.01. The van der Waals surface area contributed by atoms with E-state index in [-0.39, 0.29) is 17.9 Å². The second kappa shape index (κ2) is 6.75. The van der Waals surface area contributed by atoms with E-state index in [9.17, 15) is 4.79 Å². The maximum absolute atomic E-state index is 12.1. The summed E-state index contributed by atoms with van der Waals surface area (Å²) < 4.78 is 0. The first-order chi connectivity index (χ1) is 8.22. The number of hydrogen-bond acceptors (Lipinski definition) is 1. The Balaban J connectivity index is 2.76. The summed E-state index contributed by atoms with van der Waals surface area (Å²) in [5.41, 5.74) is 1.04. The van der Waals surface area contributed by atoms with E-state index >= 15 is 0 Å². The monoisotopic (exact) mass is 229 g/mol. The SMILES string of the molecule is C#CC(CC)NC(=O)C(CC)c1ccccc1. The van der Waals surface area contributed by atoms with Crippen LogP contribution in [0.2, 0.25) is 0 Å². The Morgan fingerprint density at radius 3 is 2.41 bits per heavy atom. The summed E-state index contributed by atoms with van der Waals surface area (Å²) in [7, 11) is 0. The third kappa shape index (κ3) is 3.64. The first-order valence-electron chi connectivity index (χ1n) is 6.04. The maximum atomic E-state index is 12.1. The molecule has 2 heteroatoms. The molecule has 2 atom stereocenters. The minimum Gasteiger partial charge on any atom is -0.342 e. The summed E-state index contributed by atoms with van der Waals surface area (Å²) >= 11 is 0. The third-order valence-corrected chi connectivity index (χ3v) is 2.85. The summed E-state index contributed by atoms with van der Waals surface area (Å²) in [6, 6.07) is 9.63. The largest absolute Gasteiger partial charge is 0.342 e. The second-order valence-corrected chi connectivity index (χ2v) is 4.01. The van der Waals surface area contributed by atoms with E-state index in [0.29, 0.717) is 0 Å². The quantitative estimate of drug-likeness (QED) is 0.773. The zero-order valence-corrected chi connectivity index (χ0v) is 10.4. The van der Waals surface area contributed by atoms with Crippen molar-refractivity contribution in [3.05, 3.63) is 35.9 Å². The summed E-state index contributed by atoms with van der Waals surface area (Å²) in [5.74, 6) is 2.49. The molecule has 1 rings (SSSR count). The number of hydrogen-bond donors (Lipinski definition) is 1. The zero-order valence-electron chi connectivity index (χ0n) is 10.4. The fourth-order valence-corrected chi connectivity index (χ4v) is 1.79. The first kappa shape index (κ1) is 13.3. The van der Waals surface area contributed by atoms with Crippen LogP contribution < -0.4 is 5.32 Å². The smallest absolute Gasteiger partial charge is 0.228 e. The molecule has 0 radical (unpaired) electrons. The number of rotatable bonds is 5. The van der Waals surface area contributed by atoms with Crippen LogP contribution in [0.15, 0.2) is 30.3 Å². The van der Waals surface area contributed by atoms with Crippen LogP contribution in [0.3, 0.4) is 0 Å². The van der Waals surface area contributed by atoms with Gasteiger partial charge in [0.25, 0.3) is 0 Å². The molecule has 17 heavy (non-hydrogen) atoms. The number of carbonyl (C=O) groups is 1. The molecule has 0 saturated heterocycles. The molecule has 0 fully saturated rings. The van der Waals surface area contributed by atoms with Crippen molar-refractivity contribution in [1.82, 2.24) is 5.32 Å². The Labute approximate surface area is 103 Å². The molecule has 1 amide bonds. The lowest BCUT2D eigenvalue weighted by atomic mass is 9.95. The molecule has 0 aliphatic heterocycles. The molecule has 1 N–H and O–H groups in total. The van der Waals surface area contributed by atoms with Crippen LogP contribution in [0.1, 0.15) is 38.2 Å². The average Bonchev–Trinajstić information content (AvgIpc) is 2.38. The third-order valence-electron chi connectivity index (χ3n) is 2.85. The van der Waals surface area contributed by atoms with Gasteiger partial charge in [0.15, 0.2) is 0 Å². The van der Waals surface area contributed by atoms with Gasteiger partial charge in [-0.3, -0.25) is 4.79 Å². The molecule has 1 aromatic rings. The fraction of sp³-hybridized carbons (Fsp3) is 0.400. The van der Waals surface area contributed by atoms with Gasteiger partial charge < -0.3 is 5.32 Å². The molecule has 1 aromatic carbocycles. The molecule has 2 nitrogen and oxygen atoms in total. The van der Waals surface area contributed by atoms with Crippen LogP contribution >= 0.6 is 0 Å². The summed E-state index contributed by atoms with van der Waals surface area (Å²) in [4.78, 5) is 12.1. The van der Waals surface area contributed by atoms with Crippen LogP contribution in [0.25, 0.3) is 0 Å². The number of benzene rings is 1. The average molecular weight is 229 g/mol. The lowest BCUT2D eigenvalue weighted by Crippen LogP contribution is -2.36. The molecule has 0 bridgehead atoms. The normalized spacial score (nSPS) is 13.5. The van der Waals surface area contributed by atoms with Gasteiger partial charge in [-0.1, -0.05) is 50.1 Å². The van der Waals surface area contributed by atoms with Gasteiger partial charge in [0.1, 0.15) is 0 Å². The van der Waals surface area contributed by atoms with Crippen molar-refractivity contribution in [2.45, 2.75) is 38.6 Å². The Morgan fingerprint density at radius 2 is 1.94 bits per heavy atom. The molecule has 90 valence electrons. The van der Waals surface area contributed by atoms with Crippen LogP contribution in [0.4, 0.5) is 0 Å². The summed E-state index contributed by atoms with van der Waals surface area (Å²) in [6.45, 7) is 3.97. The van der Waals surface area contributed by atoms with E-state index in [1.165, 1.54) is 0 Å². The Hall–Kier alpha value is -1.75. The predicted octanol–water partition coefficient (Wildman–Crippen LogP) is 2.71. The van der Waals surface area contributed by atoms with Crippen LogP contribution in [-0.2, 0) is 4.79 Å². The molecule has 0 spiro atoms. The van der Waals surface area contributed by atoms with Crippen molar-refractivity contribution in [3.63, 3.8) is 0 Å². The Kier molecular flexibility index (Phi) is 5.29. The zero-order chi connectivity index (χ0) is 12.7. The highest BCUT2D eigenvalue weighted by Gasteiger charge is 2.19. The topological polar surface area (TPSA) is 29.1 Å². The van der Waals surface area contributed by atoms with Crippen LogP contribution in [-0.4, -0.2) is 11.9 Å². The standard InChI is InChI=1S/C15H19NO/c1-4-13(5-2)16-15(17)14(6-3)12-10-8-7-9-11-12/h1,7-11,13-14H,5-6H2,2-3H3,(H,16,17). The van der Waals surface area contributed by atoms with E-state index in [1.54, 1.807) is 0 Å². The van der Waals surface area contributed by atoms with E-state index in [4.69, 9.17) is 6.42 Å². The van der Waals surface area contributed by atoms with E-state index in [2.05, 4.69) is 11.2 Å². The summed E-state index contributed by atoms with van der Waals surface area (Å²) in [6.07, 6.45) is 6.88. The molecule has 0 aliphatic rings. The highest BCUT2D eigenvalue weighted by Crippen LogP contribution is 2.19. The molecular weight excluding hydrogens is 210 g/mol.